The fourth-order valence-corrected chi connectivity index (χ4v) is 2.92. The van der Waals surface area contributed by atoms with E-state index in [1.807, 2.05) is 0 Å². The van der Waals surface area contributed by atoms with E-state index in [0.29, 0.717) is 5.75 Å². The van der Waals surface area contributed by atoms with Crippen molar-refractivity contribution in [2.24, 2.45) is 22.9 Å². The number of thioether (sulfide) groups is 1. The van der Waals surface area contributed by atoms with Gasteiger partial charge in [-0.25, -0.2) is 4.79 Å². The molecule has 0 heterocycles. The number of nitrogens with two attached hydrogens (primary N) is 4. The highest BCUT2D eigenvalue weighted by atomic mass is 32.2. The molecule has 0 bridgehead atoms. The van der Waals surface area contributed by atoms with Crippen LogP contribution in [0.15, 0.2) is 0 Å². The van der Waals surface area contributed by atoms with Crippen molar-refractivity contribution in [1.29, 1.82) is 0 Å². The first-order valence-corrected chi connectivity index (χ1v) is 10.9. The number of aliphatic carboxylic acids is 1. The topological polar surface area (TPSA) is 280 Å². The number of hydrogen-bond acceptors (Lipinski definition) is 9. The predicted molar refractivity (Wildman–Crippen MR) is 116 cm³/mol. The lowest BCUT2D eigenvalue weighted by Crippen LogP contribution is -2.58. The molecule has 4 atom stereocenters. The monoisotopic (exact) mass is 491 g/mol. The van der Waals surface area contributed by atoms with Crippen LogP contribution in [0.25, 0.3) is 0 Å². The van der Waals surface area contributed by atoms with Gasteiger partial charge < -0.3 is 44.0 Å². The molecular weight excluding hydrogens is 462 g/mol. The first-order valence-electron chi connectivity index (χ1n) is 9.51. The lowest BCUT2D eigenvalue weighted by atomic mass is 10.1. The Morgan fingerprint density at radius 1 is 0.727 bits per heavy atom. The molecule has 0 aromatic rings. The molecule has 0 radical (unpaired) electrons. The Hall–Kier alpha value is -3.40. The van der Waals surface area contributed by atoms with Crippen molar-refractivity contribution in [3.8, 4) is 0 Å². The van der Waals surface area contributed by atoms with Crippen molar-refractivity contribution in [3.63, 3.8) is 0 Å². The van der Waals surface area contributed by atoms with Gasteiger partial charge in [0.25, 0.3) is 0 Å². The predicted octanol–water partition coefficient (Wildman–Crippen LogP) is -4.77. The lowest BCUT2D eigenvalue weighted by molar-refractivity contribution is -0.143. The summed E-state index contributed by atoms with van der Waals surface area (Å²) < 4.78 is 0. The van der Waals surface area contributed by atoms with Gasteiger partial charge in [0, 0.05) is 0 Å². The van der Waals surface area contributed by atoms with Crippen molar-refractivity contribution < 1.29 is 38.7 Å². The number of carbonyl (C=O) groups excluding carboxylic acids is 6. The van der Waals surface area contributed by atoms with Crippen LogP contribution in [-0.4, -0.2) is 82.7 Å². The van der Waals surface area contributed by atoms with E-state index in [0.717, 1.165) is 0 Å². The second-order valence-electron chi connectivity index (χ2n) is 6.92. The summed E-state index contributed by atoms with van der Waals surface area (Å²) in [5.74, 6) is -6.83. The maximum absolute atomic E-state index is 12.7. The van der Waals surface area contributed by atoms with Crippen LogP contribution in [0.5, 0.6) is 0 Å². The number of carbonyl (C=O) groups is 7. The summed E-state index contributed by atoms with van der Waals surface area (Å²) in [6.45, 7) is 0. The minimum Gasteiger partial charge on any atom is -0.480 e. The number of nitrogens with one attached hydrogen (secondary N) is 3. The summed E-state index contributed by atoms with van der Waals surface area (Å²) in [5.41, 5.74) is 20.6. The first-order chi connectivity index (χ1) is 15.3. The number of amides is 6. The average molecular weight is 492 g/mol. The molecule has 4 unspecified atom stereocenters. The normalized spacial score (nSPS) is 14.1. The lowest BCUT2D eigenvalue weighted by Gasteiger charge is -2.24. The van der Waals surface area contributed by atoms with Gasteiger partial charge in [-0.2, -0.15) is 11.8 Å². The zero-order chi connectivity index (χ0) is 25.7. The second kappa shape index (κ2) is 14.6. The Morgan fingerprint density at radius 3 is 1.61 bits per heavy atom. The van der Waals surface area contributed by atoms with E-state index in [1.54, 1.807) is 6.26 Å². The third-order valence-corrected chi connectivity index (χ3v) is 4.70. The molecule has 0 saturated heterocycles. The van der Waals surface area contributed by atoms with Crippen LogP contribution in [-0.2, 0) is 33.6 Å². The van der Waals surface area contributed by atoms with Crippen LogP contribution in [0.2, 0.25) is 0 Å². The van der Waals surface area contributed by atoms with Crippen molar-refractivity contribution >= 4 is 53.2 Å². The number of carboxylic acids is 1. The summed E-state index contributed by atoms with van der Waals surface area (Å²) in [7, 11) is 0. The van der Waals surface area contributed by atoms with Gasteiger partial charge in [-0.1, -0.05) is 0 Å². The van der Waals surface area contributed by atoms with Crippen molar-refractivity contribution in [1.82, 2.24) is 16.0 Å². The van der Waals surface area contributed by atoms with Gasteiger partial charge in [0.05, 0.1) is 25.3 Å². The van der Waals surface area contributed by atoms with Gasteiger partial charge in [0.1, 0.15) is 18.1 Å². The molecule has 16 heteroatoms. The van der Waals surface area contributed by atoms with E-state index in [1.165, 1.54) is 11.8 Å². The molecule has 0 fully saturated rings. The summed E-state index contributed by atoms with van der Waals surface area (Å²) in [4.78, 5) is 82.0. The second-order valence-corrected chi connectivity index (χ2v) is 7.91. The van der Waals surface area contributed by atoms with Crippen LogP contribution < -0.4 is 38.9 Å². The summed E-state index contributed by atoms with van der Waals surface area (Å²) in [6.07, 6.45) is -0.0915. The van der Waals surface area contributed by atoms with Gasteiger partial charge in [-0.05, 0) is 18.4 Å². The van der Waals surface area contributed by atoms with Gasteiger partial charge in [0.15, 0.2) is 0 Å². The van der Waals surface area contributed by atoms with Crippen LogP contribution in [0.4, 0.5) is 0 Å². The molecular formula is C17H29N7O8S. The van der Waals surface area contributed by atoms with Gasteiger partial charge >= 0.3 is 5.97 Å². The average Bonchev–Trinajstić information content (AvgIpc) is 2.68. The van der Waals surface area contributed by atoms with E-state index in [-0.39, 0.29) is 6.42 Å². The van der Waals surface area contributed by atoms with Gasteiger partial charge in [0.2, 0.25) is 35.4 Å². The van der Waals surface area contributed by atoms with Crippen LogP contribution in [0.3, 0.4) is 0 Å². The minimum absolute atomic E-state index is 0.0417. The van der Waals surface area contributed by atoms with Gasteiger partial charge in [-0.3, -0.25) is 28.8 Å². The molecule has 0 aliphatic rings. The Balaban J connectivity index is 5.51. The molecule has 0 saturated carbocycles. The van der Waals surface area contributed by atoms with Crippen molar-refractivity contribution in [3.05, 3.63) is 0 Å². The number of rotatable bonds is 16. The van der Waals surface area contributed by atoms with Crippen molar-refractivity contribution in [2.75, 3.05) is 12.0 Å². The molecule has 0 aliphatic carbocycles. The van der Waals surface area contributed by atoms with Crippen molar-refractivity contribution in [2.45, 2.75) is 49.9 Å². The van der Waals surface area contributed by atoms with E-state index in [2.05, 4.69) is 16.0 Å². The summed E-state index contributed by atoms with van der Waals surface area (Å²) in [5, 5.41) is 15.7. The Morgan fingerprint density at radius 2 is 1.15 bits per heavy atom. The highest BCUT2D eigenvalue weighted by Gasteiger charge is 2.31. The van der Waals surface area contributed by atoms with Crippen LogP contribution >= 0.6 is 11.8 Å². The molecule has 186 valence electrons. The Kier molecular flexibility index (Phi) is 13.1. The quantitative estimate of drug-likeness (QED) is 0.102. The maximum Gasteiger partial charge on any atom is 0.326 e. The molecule has 12 N–H and O–H groups in total. The van der Waals surface area contributed by atoms with Gasteiger partial charge in [-0.15, -0.1) is 0 Å². The molecule has 0 aliphatic heterocycles. The first kappa shape index (κ1) is 29.6. The Bertz CT molecular complexity index is 778. The summed E-state index contributed by atoms with van der Waals surface area (Å²) in [6, 6.07) is -5.85. The number of hydrogen-bond donors (Lipinski definition) is 8. The minimum atomic E-state index is -1.63. The smallest absolute Gasteiger partial charge is 0.326 e. The molecule has 15 nitrogen and oxygen atoms in total. The zero-order valence-corrected chi connectivity index (χ0v) is 18.7. The molecule has 0 aromatic carbocycles. The maximum atomic E-state index is 12.7. The van der Waals surface area contributed by atoms with Crippen LogP contribution in [0, 0.1) is 0 Å². The highest BCUT2D eigenvalue weighted by molar-refractivity contribution is 7.98. The standard InChI is InChI=1S/C17H29N7O8S/c1-33-3-2-8(15(29)24-10(17(31)32)6-13(21)27)22-16(30)9(5-12(20)26)23-14(28)7(18)4-11(19)25/h7-10H,2-6,18H2,1H3,(H2,19,25)(H2,20,26)(H2,21,27)(H,22,30)(H,23,28)(H,24,29)(H,31,32). The Labute approximate surface area is 193 Å². The SMILES string of the molecule is CSCCC(NC(=O)C(CC(N)=O)NC(=O)C(N)CC(N)=O)C(=O)NC(CC(N)=O)C(=O)O. The fraction of sp³-hybridized carbons (Fsp3) is 0.588. The van der Waals surface area contributed by atoms with E-state index in [4.69, 9.17) is 28.0 Å². The third kappa shape index (κ3) is 12.3. The van der Waals surface area contributed by atoms with E-state index < -0.39 is 84.8 Å². The largest absolute Gasteiger partial charge is 0.480 e. The third-order valence-electron chi connectivity index (χ3n) is 4.06. The molecule has 33 heavy (non-hydrogen) atoms. The fourth-order valence-electron chi connectivity index (χ4n) is 2.45. The summed E-state index contributed by atoms with van der Waals surface area (Å²) >= 11 is 1.32. The number of carboxylic acid groups (broad SMARTS) is 1. The zero-order valence-electron chi connectivity index (χ0n) is 17.9. The molecule has 0 rings (SSSR count). The number of primary amides is 3. The highest BCUT2D eigenvalue weighted by Crippen LogP contribution is 2.05. The molecule has 0 aromatic heterocycles. The van der Waals surface area contributed by atoms with E-state index in [9.17, 15) is 33.6 Å². The molecule has 0 spiro atoms. The van der Waals surface area contributed by atoms with Crippen LogP contribution in [0.1, 0.15) is 25.7 Å². The van der Waals surface area contributed by atoms with E-state index >= 15 is 0 Å². The molecule has 6 amide bonds.